The maximum atomic E-state index is 12.5. The number of hydrogen-bond donors (Lipinski definition) is 2. The summed E-state index contributed by atoms with van der Waals surface area (Å²) in [5.41, 5.74) is 0.325. The van der Waals surface area contributed by atoms with Crippen LogP contribution in [-0.2, 0) is 20.9 Å². The Kier molecular flexibility index (Phi) is 7.43. The molecular formula is C23H25N3O6. The molecule has 0 fully saturated rings. The van der Waals surface area contributed by atoms with Crippen LogP contribution in [0.25, 0.3) is 10.9 Å². The Hall–Kier alpha value is -3.88. The van der Waals surface area contributed by atoms with Crippen LogP contribution in [0.1, 0.15) is 31.4 Å². The van der Waals surface area contributed by atoms with Crippen LogP contribution in [0, 0.1) is 0 Å². The van der Waals surface area contributed by atoms with Crippen molar-refractivity contribution < 1.29 is 19.1 Å². The lowest BCUT2D eigenvalue weighted by Gasteiger charge is -2.18. The molecular weight excluding hydrogens is 414 g/mol. The number of benzene rings is 2. The molecule has 1 unspecified atom stereocenters. The summed E-state index contributed by atoms with van der Waals surface area (Å²) in [5, 5.41) is 3.16. The van der Waals surface area contributed by atoms with Gasteiger partial charge in [-0.25, -0.2) is 4.79 Å². The Balaban J connectivity index is 1.57. The smallest absolute Gasteiger partial charge is 0.328 e. The number of para-hydroxylation sites is 1. The number of carbonyl (C=O) groups is 2. The third-order valence-electron chi connectivity index (χ3n) is 4.94. The second-order valence-electron chi connectivity index (χ2n) is 7.24. The van der Waals surface area contributed by atoms with Crippen LogP contribution < -0.4 is 21.3 Å². The van der Waals surface area contributed by atoms with Crippen LogP contribution >= 0.6 is 0 Å². The van der Waals surface area contributed by atoms with Crippen molar-refractivity contribution in [3.63, 3.8) is 0 Å². The Morgan fingerprint density at radius 2 is 1.81 bits per heavy atom. The Labute approximate surface area is 184 Å². The maximum absolute atomic E-state index is 12.5. The first-order valence-electron chi connectivity index (χ1n) is 10.2. The second kappa shape index (κ2) is 10.4. The lowest BCUT2D eigenvalue weighted by atomic mass is 10.0. The molecule has 1 atom stereocenters. The van der Waals surface area contributed by atoms with Gasteiger partial charge in [0, 0.05) is 13.5 Å². The number of amides is 1. The molecule has 0 aliphatic rings. The first-order chi connectivity index (χ1) is 15.4. The van der Waals surface area contributed by atoms with Gasteiger partial charge in [-0.3, -0.25) is 19.0 Å². The molecule has 0 saturated heterocycles. The summed E-state index contributed by atoms with van der Waals surface area (Å²) in [4.78, 5) is 51.2. The molecule has 0 aliphatic heterocycles. The number of hydrogen-bond acceptors (Lipinski definition) is 6. The van der Waals surface area contributed by atoms with Gasteiger partial charge >= 0.3 is 11.7 Å². The Morgan fingerprint density at radius 3 is 2.50 bits per heavy atom. The average Bonchev–Trinajstić information content (AvgIpc) is 2.77. The van der Waals surface area contributed by atoms with E-state index >= 15 is 0 Å². The van der Waals surface area contributed by atoms with E-state index in [9.17, 15) is 19.2 Å². The molecule has 9 nitrogen and oxygen atoms in total. The highest BCUT2D eigenvalue weighted by atomic mass is 16.5. The number of ether oxygens (including phenoxy) is 2. The predicted octanol–water partition coefficient (Wildman–Crippen LogP) is 1.90. The van der Waals surface area contributed by atoms with E-state index in [1.807, 2.05) is 0 Å². The molecule has 168 valence electrons. The van der Waals surface area contributed by atoms with Crippen molar-refractivity contribution in [2.75, 3.05) is 13.7 Å². The summed E-state index contributed by atoms with van der Waals surface area (Å²) in [7, 11) is 1.55. The van der Waals surface area contributed by atoms with Crippen molar-refractivity contribution in [2.24, 2.45) is 0 Å². The van der Waals surface area contributed by atoms with Crippen LogP contribution in [-0.4, -0.2) is 35.1 Å². The zero-order valence-corrected chi connectivity index (χ0v) is 17.9. The number of fused-ring (bicyclic) bond motifs is 1. The molecule has 0 spiro atoms. The molecule has 2 aromatic carbocycles. The van der Waals surface area contributed by atoms with Gasteiger partial charge in [-0.15, -0.1) is 0 Å². The molecule has 1 heterocycles. The third kappa shape index (κ3) is 5.63. The molecule has 1 aromatic heterocycles. The van der Waals surface area contributed by atoms with Crippen molar-refractivity contribution >= 4 is 22.8 Å². The number of aromatic nitrogens is 2. The molecule has 1 amide bonds. The minimum Gasteiger partial charge on any atom is -0.497 e. The van der Waals surface area contributed by atoms with E-state index < -0.39 is 17.7 Å². The largest absolute Gasteiger partial charge is 0.497 e. The van der Waals surface area contributed by atoms with Gasteiger partial charge < -0.3 is 19.8 Å². The quantitative estimate of drug-likeness (QED) is 0.388. The fourth-order valence-corrected chi connectivity index (χ4v) is 3.37. The Morgan fingerprint density at radius 1 is 1.09 bits per heavy atom. The van der Waals surface area contributed by atoms with Crippen LogP contribution in [0.5, 0.6) is 5.75 Å². The first-order valence-corrected chi connectivity index (χ1v) is 10.2. The topological polar surface area (TPSA) is 119 Å². The van der Waals surface area contributed by atoms with Crippen molar-refractivity contribution in [1.29, 1.82) is 0 Å². The van der Waals surface area contributed by atoms with Crippen molar-refractivity contribution in [3.05, 3.63) is 74.9 Å². The summed E-state index contributed by atoms with van der Waals surface area (Å²) in [6.07, 6.45) is 0.239. The van der Waals surface area contributed by atoms with Gasteiger partial charge in [-0.1, -0.05) is 24.3 Å². The first kappa shape index (κ1) is 22.8. The number of carbonyl (C=O) groups excluding carboxylic acids is 2. The number of esters is 1. The normalized spacial score (nSPS) is 11.7. The summed E-state index contributed by atoms with van der Waals surface area (Å²) < 4.78 is 11.5. The summed E-state index contributed by atoms with van der Waals surface area (Å²) >= 11 is 0. The van der Waals surface area contributed by atoms with E-state index in [0.717, 1.165) is 10.1 Å². The number of aromatic amines is 1. The molecule has 0 bridgehead atoms. The lowest BCUT2D eigenvalue weighted by Crippen LogP contribution is -2.35. The zero-order valence-electron chi connectivity index (χ0n) is 17.9. The highest BCUT2D eigenvalue weighted by Gasteiger charge is 2.18. The lowest BCUT2D eigenvalue weighted by molar-refractivity contribution is -0.144. The van der Waals surface area contributed by atoms with Gasteiger partial charge in [0.25, 0.3) is 5.56 Å². The minimum atomic E-state index is -0.545. The number of methoxy groups -OCH3 is 1. The Bertz CT molecular complexity index is 1210. The second-order valence-corrected chi connectivity index (χ2v) is 7.24. The number of nitrogens with one attached hydrogen (secondary N) is 2. The van der Waals surface area contributed by atoms with E-state index in [1.54, 1.807) is 55.6 Å². The van der Waals surface area contributed by atoms with Gasteiger partial charge in [0.2, 0.25) is 5.91 Å². The predicted molar refractivity (Wildman–Crippen MR) is 119 cm³/mol. The van der Waals surface area contributed by atoms with E-state index in [2.05, 4.69) is 10.3 Å². The fraction of sp³-hybridized carbons (Fsp3) is 0.304. The van der Waals surface area contributed by atoms with Crippen molar-refractivity contribution in [3.8, 4) is 5.75 Å². The van der Waals surface area contributed by atoms with E-state index in [4.69, 9.17) is 9.47 Å². The van der Waals surface area contributed by atoms with Gasteiger partial charge in [-0.2, -0.15) is 0 Å². The van der Waals surface area contributed by atoms with Crippen LogP contribution in [0.2, 0.25) is 0 Å². The van der Waals surface area contributed by atoms with E-state index in [1.165, 1.54) is 6.92 Å². The average molecular weight is 439 g/mol. The molecule has 32 heavy (non-hydrogen) atoms. The summed E-state index contributed by atoms with van der Waals surface area (Å²) in [5.74, 6) is -0.107. The van der Waals surface area contributed by atoms with Crippen LogP contribution in [0.3, 0.4) is 0 Å². The van der Waals surface area contributed by atoms with Crippen molar-refractivity contribution in [1.82, 2.24) is 14.9 Å². The van der Waals surface area contributed by atoms with Gasteiger partial charge in [0.05, 0.1) is 37.1 Å². The summed E-state index contributed by atoms with van der Waals surface area (Å²) in [6.45, 7) is 1.52. The molecule has 0 radical (unpaired) electrons. The van der Waals surface area contributed by atoms with Crippen molar-refractivity contribution in [2.45, 2.75) is 32.4 Å². The van der Waals surface area contributed by atoms with Gasteiger partial charge in [-0.05, 0) is 36.2 Å². The number of rotatable bonds is 9. The molecule has 2 N–H and O–H groups in total. The van der Waals surface area contributed by atoms with Gasteiger partial charge in [0.1, 0.15) is 5.75 Å². The van der Waals surface area contributed by atoms with E-state index in [-0.39, 0.29) is 31.0 Å². The monoisotopic (exact) mass is 439 g/mol. The fourth-order valence-electron chi connectivity index (χ4n) is 3.37. The van der Waals surface area contributed by atoms with Crippen LogP contribution in [0.4, 0.5) is 0 Å². The standard InChI is InChI=1S/C23H25N3O6/c1-15(27)24-20(16-8-10-17(31-2)11-9-16)14-21(28)32-13-5-12-26-22(29)18-6-3-4-7-19(18)25-23(26)30/h3-4,6-11,20H,5,12-14H2,1-2H3,(H,24,27)(H,25,30). The number of H-pyrrole nitrogens is 1. The highest BCUT2D eigenvalue weighted by molar-refractivity contribution is 5.77. The molecule has 9 heteroatoms. The minimum absolute atomic E-state index is 0.0347. The molecule has 3 rings (SSSR count). The molecule has 0 aliphatic carbocycles. The number of nitrogens with zero attached hydrogens (tertiary/aromatic N) is 1. The van der Waals surface area contributed by atoms with E-state index in [0.29, 0.717) is 23.1 Å². The molecule has 0 saturated carbocycles. The summed E-state index contributed by atoms with van der Waals surface area (Å²) in [6, 6.07) is 13.3. The SMILES string of the molecule is COc1ccc(C(CC(=O)OCCCn2c(=O)[nH]c3ccccc3c2=O)NC(C)=O)cc1. The van der Waals surface area contributed by atoms with Gasteiger partial charge in [0.15, 0.2) is 0 Å². The zero-order chi connectivity index (χ0) is 23.1. The van der Waals surface area contributed by atoms with Crippen LogP contribution in [0.15, 0.2) is 58.1 Å². The molecule has 3 aromatic rings. The maximum Gasteiger partial charge on any atom is 0.328 e. The third-order valence-corrected chi connectivity index (χ3v) is 4.94. The highest BCUT2D eigenvalue weighted by Crippen LogP contribution is 2.21.